The van der Waals surface area contributed by atoms with Crippen molar-refractivity contribution in [2.24, 2.45) is 0 Å². The molecule has 0 aliphatic rings. The number of hydrogen-bond donors (Lipinski definition) is 2. The summed E-state index contributed by atoms with van der Waals surface area (Å²) in [5.74, 6) is -1.81. The Balaban J connectivity index is 3.16. The molecule has 0 saturated carbocycles. The van der Waals surface area contributed by atoms with Gasteiger partial charge in [-0.2, -0.15) is 0 Å². The number of carboxylic acids is 1. The van der Waals surface area contributed by atoms with Gasteiger partial charge in [0.1, 0.15) is 5.75 Å². The Labute approximate surface area is 88.4 Å². The largest absolute Gasteiger partial charge is 0.573 e. The standard InChI is InChI=1S/C9H8F3NO3/c1-4-2-5(8(14)15)6(13)3-7(4)16-9(10,11)12/h2-3H,13H2,1H3,(H,14,15). The van der Waals surface area contributed by atoms with E-state index < -0.39 is 18.1 Å². The number of nitrogens with two attached hydrogens (primary N) is 1. The van der Waals surface area contributed by atoms with Crippen LogP contribution in [0.3, 0.4) is 0 Å². The van der Waals surface area contributed by atoms with Crippen molar-refractivity contribution < 1.29 is 27.8 Å². The smallest absolute Gasteiger partial charge is 0.478 e. The SMILES string of the molecule is Cc1cc(C(=O)O)c(N)cc1OC(F)(F)F. The van der Waals surface area contributed by atoms with Crippen LogP contribution in [-0.2, 0) is 0 Å². The summed E-state index contributed by atoms with van der Waals surface area (Å²) in [6, 6.07) is 1.87. The Bertz CT molecular complexity index is 429. The summed E-state index contributed by atoms with van der Waals surface area (Å²) in [6.07, 6.45) is -4.83. The highest BCUT2D eigenvalue weighted by Gasteiger charge is 2.32. The lowest BCUT2D eigenvalue weighted by atomic mass is 10.1. The second kappa shape index (κ2) is 3.92. The molecule has 0 saturated heterocycles. The number of aryl methyl sites for hydroxylation is 1. The molecule has 88 valence electrons. The van der Waals surface area contributed by atoms with E-state index in [9.17, 15) is 18.0 Å². The third kappa shape index (κ3) is 2.78. The molecule has 0 amide bonds. The van der Waals surface area contributed by atoms with Crippen molar-refractivity contribution in [1.82, 2.24) is 0 Å². The molecule has 0 unspecified atom stereocenters. The number of hydrogen-bond acceptors (Lipinski definition) is 3. The highest BCUT2D eigenvalue weighted by molar-refractivity contribution is 5.94. The Morgan fingerprint density at radius 1 is 1.44 bits per heavy atom. The van der Waals surface area contributed by atoms with Crippen LogP contribution < -0.4 is 10.5 Å². The topological polar surface area (TPSA) is 72.5 Å². The van der Waals surface area contributed by atoms with Gasteiger partial charge in [-0.3, -0.25) is 0 Å². The van der Waals surface area contributed by atoms with Gasteiger partial charge in [-0.1, -0.05) is 0 Å². The Morgan fingerprint density at radius 2 is 2.00 bits per heavy atom. The van der Waals surface area contributed by atoms with Gasteiger partial charge >= 0.3 is 12.3 Å². The third-order valence-corrected chi connectivity index (χ3v) is 1.80. The number of carboxylic acid groups (broad SMARTS) is 1. The highest BCUT2D eigenvalue weighted by atomic mass is 19.4. The minimum Gasteiger partial charge on any atom is -0.478 e. The van der Waals surface area contributed by atoms with E-state index in [4.69, 9.17) is 10.8 Å². The minimum atomic E-state index is -4.83. The summed E-state index contributed by atoms with van der Waals surface area (Å²) in [6.45, 7) is 1.30. The molecule has 1 rings (SSSR count). The number of carbonyl (C=O) groups is 1. The van der Waals surface area contributed by atoms with E-state index >= 15 is 0 Å². The number of rotatable bonds is 2. The first-order valence-corrected chi connectivity index (χ1v) is 4.10. The van der Waals surface area contributed by atoms with Crippen molar-refractivity contribution in [2.75, 3.05) is 5.73 Å². The lowest BCUT2D eigenvalue weighted by Crippen LogP contribution is -2.18. The van der Waals surface area contributed by atoms with Crippen LogP contribution in [0.1, 0.15) is 15.9 Å². The number of anilines is 1. The molecule has 0 spiro atoms. The zero-order valence-electron chi connectivity index (χ0n) is 8.13. The Morgan fingerprint density at radius 3 is 2.44 bits per heavy atom. The van der Waals surface area contributed by atoms with E-state index in [1.54, 1.807) is 0 Å². The van der Waals surface area contributed by atoms with Crippen molar-refractivity contribution >= 4 is 11.7 Å². The molecule has 3 N–H and O–H groups in total. The van der Waals surface area contributed by atoms with E-state index in [1.807, 2.05) is 0 Å². The maximum atomic E-state index is 11.9. The molecule has 0 atom stereocenters. The summed E-state index contributed by atoms with van der Waals surface area (Å²) in [7, 11) is 0. The second-order valence-corrected chi connectivity index (χ2v) is 3.06. The molecule has 0 heterocycles. The van der Waals surface area contributed by atoms with E-state index in [1.165, 1.54) is 6.92 Å². The van der Waals surface area contributed by atoms with Gasteiger partial charge in [-0.15, -0.1) is 13.2 Å². The average molecular weight is 235 g/mol. The molecule has 1 aromatic rings. The summed E-state index contributed by atoms with van der Waals surface area (Å²) in [5.41, 5.74) is 4.79. The van der Waals surface area contributed by atoms with Crippen LogP contribution >= 0.6 is 0 Å². The average Bonchev–Trinajstić information content (AvgIpc) is 2.07. The summed E-state index contributed by atoms with van der Waals surface area (Å²) >= 11 is 0. The monoisotopic (exact) mass is 235 g/mol. The number of halogens is 3. The van der Waals surface area contributed by atoms with Gasteiger partial charge in [0.25, 0.3) is 0 Å². The molecule has 0 aliphatic carbocycles. The number of nitrogen functional groups attached to an aromatic ring is 1. The maximum Gasteiger partial charge on any atom is 0.573 e. The third-order valence-electron chi connectivity index (χ3n) is 1.80. The van der Waals surface area contributed by atoms with Crippen LogP contribution in [-0.4, -0.2) is 17.4 Å². The lowest BCUT2D eigenvalue weighted by Gasteiger charge is -2.12. The predicted molar refractivity (Wildman–Crippen MR) is 49.2 cm³/mol. The second-order valence-electron chi connectivity index (χ2n) is 3.06. The van der Waals surface area contributed by atoms with Gasteiger partial charge in [0.05, 0.1) is 5.56 Å². The van der Waals surface area contributed by atoms with Crippen LogP contribution in [0.2, 0.25) is 0 Å². The molecule has 0 fully saturated rings. The summed E-state index contributed by atoms with van der Waals surface area (Å²) < 4.78 is 39.5. The Kier molecular flexibility index (Phi) is 2.97. The van der Waals surface area contributed by atoms with Gasteiger partial charge in [0.2, 0.25) is 0 Å². The van der Waals surface area contributed by atoms with Crippen LogP contribution in [0.25, 0.3) is 0 Å². The van der Waals surface area contributed by atoms with Crippen molar-refractivity contribution in [3.63, 3.8) is 0 Å². The van der Waals surface area contributed by atoms with Crippen molar-refractivity contribution in [2.45, 2.75) is 13.3 Å². The fourth-order valence-electron chi connectivity index (χ4n) is 1.12. The first-order chi connectivity index (χ1) is 7.20. The number of aromatic carboxylic acids is 1. The fourth-order valence-corrected chi connectivity index (χ4v) is 1.12. The fraction of sp³-hybridized carbons (Fsp3) is 0.222. The molecule has 0 aromatic heterocycles. The molecule has 1 aromatic carbocycles. The molecule has 0 radical (unpaired) electrons. The quantitative estimate of drug-likeness (QED) is 0.770. The van der Waals surface area contributed by atoms with Crippen LogP contribution in [0.4, 0.5) is 18.9 Å². The summed E-state index contributed by atoms with van der Waals surface area (Å²) in [4.78, 5) is 10.6. The Hall–Kier alpha value is -1.92. The molecule has 0 aliphatic heterocycles. The van der Waals surface area contributed by atoms with E-state index in [2.05, 4.69) is 4.74 Å². The predicted octanol–water partition coefficient (Wildman–Crippen LogP) is 2.17. The minimum absolute atomic E-state index is 0.0453. The van der Waals surface area contributed by atoms with Gasteiger partial charge in [-0.25, -0.2) is 4.79 Å². The number of benzene rings is 1. The molecular formula is C9H8F3NO3. The van der Waals surface area contributed by atoms with Gasteiger partial charge < -0.3 is 15.6 Å². The van der Waals surface area contributed by atoms with Gasteiger partial charge in [-0.05, 0) is 18.6 Å². The normalized spacial score (nSPS) is 11.2. The first kappa shape index (κ1) is 12.2. The first-order valence-electron chi connectivity index (χ1n) is 4.10. The maximum absolute atomic E-state index is 11.9. The van der Waals surface area contributed by atoms with Gasteiger partial charge in [0, 0.05) is 11.8 Å². The van der Waals surface area contributed by atoms with Crippen LogP contribution in [0.15, 0.2) is 12.1 Å². The van der Waals surface area contributed by atoms with Crippen LogP contribution in [0, 0.1) is 6.92 Å². The van der Waals surface area contributed by atoms with Crippen molar-refractivity contribution in [1.29, 1.82) is 0 Å². The molecule has 7 heteroatoms. The zero-order valence-corrected chi connectivity index (χ0v) is 8.13. The molecule has 16 heavy (non-hydrogen) atoms. The highest BCUT2D eigenvalue weighted by Crippen LogP contribution is 2.29. The molecule has 0 bridgehead atoms. The van der Waals surface area contributed by atoms with Crippen molar-refractivity contribution in [3.05, 3.63) is 23.3 Å². The zero-order chi connectivity index (χ0) is 12.5. The van der Waals surface area contributed by atoms with E-state index in [-0.39, 0.29) is 16.8 Å². The van der Waals surface area contributed by atoms with Crippen LogP contribution in [0.5, 0.6) is 5.75 Å². The van der Waals surface area contributed by atoms with E-state index in [0.717, 1.165) is 12.1 Å². The number of alkyl halides is 3. The number of ether oxygens (including phenoxy) is 1. The van der Waals surface area contributed by atoms with E-state index in [0.29, 0.717) is 0 Å². The molecule has 4 nitrogen and oxygen atoms in total. The summed E-state index contributed by atoms with van der Waals surface area (Å²) in [5, 5.41) is 8.67. The van der Waals surface area contributed by atoms with Crippen molar-refractivity contribution in [3.8, 4) is 5.75 Å². The lowest BCUT2D eigenvalue weighted by molar-refractivity contribution is -0.274. The molecular weight excluding hydrogens is 227 g/mol. The van der Waals surface area contributed by atoms with Gasteiger partial charge in [0.15, 0.2) is 0 Å².